The van der Waals surface area contributed by atoms with Crippen LogP contribution in [0.2, 0.25) is 0 Å². The van der Waals surface area contributed by atoms with Crippen molar-refractivity contribution in [1.82, 2.24) is 15.5 Å². The first-order valence-corrected chi connectivity index (χ1v) is 7.67. The molecule has 6 heteroatoms. The Balaban J connectivity index is 2.21. The number of unbranched alkanes of at least 4 members (excludes halogenated alkanes) is 1. The number of hydrogen-bond donors (Lipinski definition) is 2. The predicted octanol–water partition coefficient (Wildman–Crippen LogP) is 2.78. The van der Waals surface area contributed by atoms with E-state index in [0.29, 0.717) is 18.9 Å². The number of nitrogens with one attached hydrogen (secondary N) is 1. The molecule has 2 N–H and O–H groups in total. The van der Waals surface area contributed by atoms with Crippen molar-refractivity contribution in [2.24, 2.45) is 5.41 Å². The summed E-state index contributed by atoms with van der Waals surface area (Å²) in [6.07, 6.45) is 4.88. The summed E-state index contributed by atoms with van der Waals surface area (Å²) >= 11 is 0. The largest absolute Gasteiger partial charge is 0.481 e. The van der Waals surface area contributed by atoms with E-state index in [0.717, 1.165) is 38.1 Å². The maximum atomic E-state index is 10.6. The maximum Gasteiger partial charge on any atom is 0.303 e. The smallest absolute Gasteiger partial charge is 0.303 e. The highest BCUT2D eigenvalue weighted by molar-refractivity contribution is 5.66. The van der Waals surface area contributed by atoms with E-state index in [-0.39, 0.29) is 11.8 Å². The summed E-state index contributed by atoms with van der Waals surface area (Å²) in [6.45, 7) is 7.68. The molecule has 0 unspecified atom stereocenters. The third-order valence-electron chi connectivity index (χ3n) is 3.53. The van der Waals surface area contributed by atoms with Crippen LogP contribution in [0.15, 0.2) is 4.52 Å². The van der Waals surface area contributed by atoms with Gasteiger partial charge in [-0.15, -0.1) is 0 Å². The van der Waals surface area contributed by atoms with Gasteiger partial charge < -0.3 is 14.9 Å². The summed E-state index contributed by atoms with van der Waals surface area (Å²) in [5.74, 6) is 0.654. The van der Waals surface area contributed by atoms with Gasteiger partial charge in [-0.25, -0.2) is 0 Å². The van der Waals surface area contributed by atoms with E-state index in [1.54, 1.807) is 0 Å². The van der Waals surface area contributed by atoms with Crippen LogP contribution in [0.25, 0.3) is 0 Å². The number of aliphatic carboxylic acids is 1. The van der Waals surface area contributed by atoms with Gasteiger partial charge in [0.15, 0.2) is 5.82 Å². The highest BCUT2D eigenvalue weighted by Gasteiger charge is 2.18. The van der Waals surface area contributed by atoms with E-state index in [2.05, 4.69) is 36.2 Å². The Morgan fingerprint density at radius 2 is 2.14 bits per heavy atom. The SMILES string of the molecule is CCCCc1noc(CNCCC(C)(C)CCC(=O)O)n1. The summed E-state index contributed by atoms with van der Waals surface area (Å²) in [7, 11) is 0. The predicted molar refractivity (Wildman–Crippen MR) is 79.9 cm³/mol. The number of rotatable bonds is 11. The molecule has 21 heavy (non-hydrogen) atoms. The first kappa shape index (κ1) is 17.6. The van der Waals surface area contributed by atoms with Gasteiger partial charge in [0.25, 0.3) is 0 Å². The Kier molecular flexibility index (Phi) is 7.36. The minimum absolute atomic E-state index is 0.0204. The Hall–Kier alpha value is -1.43. The fourth-order valence-electron chi connectivity index (χ4n) is 1.99. The number of aromatic nitrogens is 2. The second kappa shape index (κ2) is 8.77. The van der Waals surface area contributed by atoms with Crippen molar-refractivity contribution in [3.8, 4) is 0 Å². The van der Waals surface area contributed by atoms with Crippen LogP contribution < -0.4 is 5.32 Å². The molecule has 0 saturated carbocycles. The van der Waals surface area contributed by atoms with Crippen molar-refractivity contribution in [3.05, 3.63) is 11.7 Å². The minimum Gasteiger partial charge on any atom is -0.481 e. The Morgan fingerprint density at radius 3 is 2.81 bits per heavy atom. The summed E-state index contributed by atoms with van der Waals surface area (Å²) in [4.78, 5) is 14.9. The number of carboxylic acids is 1. The molecule has 0 atom stereocenters. The van der Waals surface area contributed by atoms with Gasteiger partial charge in [-0.3, -0.25) is 4.79 Å². The first-order valence-electron chi connectivity index (χ1n) is 7.67. The summed E-state index contributed by atoms with van der Waals surface area (Å²) in [5, 5.41) is 15.9. The zero-order chi connectivity index (χ0) is 15.7. The molecule has 0 bridgehead atoms. The molecule has 0 amide bonds. The highest BCUT2D eigenvalue weighted by atomic mass is 16.5. The minimum atomic E-state index is -0.735. The average Bonchev–Trinajstić information content (AvgIpc) is 2.87. The van der Waals surface area contributed by atoms with E-state index >= 15 is 0 Å². The Bertz CT molecular complexity index is 430. The van der Waals surface area contributed by atoms with Gasteiger partial charge >= 0.3 is 5.97 Å². The van der Waals surface area contributed by atoms with Gasteiger partial charge in [0, 0.05) is 12.8 Å². The van der Waals surface area contributed by atoms with Gasteiger partial charge in [0.05, 0.1) is 6.54 Å². The molecule has 0 fully saturated rings. The van der Waals surface area contributed by atoms with E-state index in [1.807, 2.05) is 0 Å². The van der Waals surface area contributed by atoms with Crippen molar-refractivity contribution in [3.63, 3.8) is 0 Å². The number of aryl methyl sites for hydroxylation is 1. The Morgan fingerprint density at radius 1 is 1.38 bits per heavy atom. The number of hydrogen-bond acceptors (Lipinski definition) is 5. The quantitative estimate of drug-likeness (QED) is 0.611. The lowest BCUT2D eigenvalue weighted by atomic mass is 9.84. The van der Waals surface area contributed by atoms with E-state index in [1.165, 1.54) is 0 Å². The maximum absolute atomic E-state index is 10.6. The molecule has 0 aromatic carbocycles. The van der Waals surface area contributed by atoms with E-state index in [4.69, 9.17) is 9.63 Å². The fourth-order valence-corrected chi connectivity index (χ4v) is 1.99. The molecule has 120 valence electrons. The van der Waals surface area contributed by atoms with Crippen LogP contribution in [0, 0.1) is 5.41 Å². The van der Waals surface area contributed by atoms with Crippen molar-refractivity contribution < 1.29 is 14.4 Å². The molecule has 0 aliphatic rings. The molecule has 0 saturated heterocycles. The van der Waals surface area contributed by atoms with Gasteiger partial charge in [-0.2, -0.15) is 4.98 Å². The van der Waals surface area contributed by atoms with Gasteiger partial charge in [-0.1, -0.05) is 32.3 Å². The topological polar surface area (TPSA) is 88.2 Å². The molecular weight excluding hydrogens is 270 g/mol. The van der Waals surface area contributed by atoms with Gasteiger partial charge in [0.1, 0.15) is 0 Å². The van der Waals surface area contributed by atoms with Crippen LogP contribution in [-0.4, -0.2) is 27.8 Å². The molecule has 1 rings (SSSR count). The molecule has 0 radical (unpaired) electrons. The summed E-state index contributed by atoms with van der Waals surface area (Å²) in [6, 6.07) is 0. The molecule has 0 aliphatic carbocycles. The summed E-state index contributed by atoms with van der Waals surface area (Å²) < 4.78 is 5.17. The summed E-state index contributed by atoms with van der Waals surface area (Å²) in [5.41, 5.74) is 0.0204. The van der Waals surface area contributed by atoms with Crippen LogP contribution in [0.5, 0.6) is 0 Å². The van der Waals surface area contributed by atoms with Crippen LogP contribution in [0.1, 0.15) is 64.6 Å². The van der Waals surface area contributed by atoms with Crippen LogP contribution in [0.3, 0.4) is 0 Å². The monoisotopic (exact) mass is 297 g/mol. The highest BCUT2D eigenvalue weighted by Crippen LogP contribution is 2.25. The van der Waals surface area contributed by atoms with Crippen molar-refractivity contribution in [2.45, 2.75) is 65.8 Å². The zero-order valence-electron chi connectivity index (χ0n) is 13.3. The van der Waals surface area contributed by atoms with Gasteiger partial charge in [-0.05, 0) is 31.2 Å². The average molecular weight is 297 g/mol. The van der Waals surface area contributed by atoms with Crippen molar-refractivity contribution in [2.75, 3.05) is 6.54 Å². The van der Waals surface area contributed by atoms with Crippen molar-refractivity contribution in [1.29, 1.82) is 0 Å². The second-order valence-electron chi connectivity index (χ2n) is 6.19. The normalized spacial score (nSPS) is 11.8. The van der Waals surface area contributed by atoms with Crippen molar-refractivity contribution >= 4 is 5.97 Å². The van der Waals surface area contributed by atoms with Crippen LogP contribution in [0.4, 0.5) is 0 Å². The van der Waals surface area contributed by atoms with E-state index < -0.39 is 5.97 Å². The third kappa shape index (κ3) is 7.80. The number of carboxylic acid groups (broad SMARTS) is 1. The van der Waals surface area contributed by atoms with Crippen LogP contribution >= 0.6 is 0 Å². The molecule has 1 aromatic rings. The lowest BCUT2D eigenvalue weighted by molar-refractivity contribution is -0.137. The molecule has 1 heterocycles. The number of nitrogens with zero attached hydrogens (tertiary/aromatic N) is 2. The third-order valence-corrected chi connectivity index (χ3v) is 3.53. The van der Waals surface area contributed by atoms with Gasteiger partial charge in [0.2, 0.25) is 5.89 Å². The molecule has 0 spiro atoms. The zero-order valence-corrected chi connectivity index (χ0v) is 13.3. The molecule has 6 nitrogen and oxygen atoms in total. The molecule has 0 aliphatic heterocycles. The lowest BCUT2D eigenvalue weighted by Crippen LogP contribution is -2.23. The fraction of sp³-hybridized carbons (Fsp3) is 0.800. The second-order valence-corrected chi connectivity index (χ2v) is 6.19. The Labute approximate surface area is 126 Å². The van der Waals surface area contributed by atoms with E-state index in [9.17, 15) is 4.79 Å². The first-order chi connectivity index (χ1) is 9.93. The standard InChI is InChI=1S/C15H27N3O3/c1-4-5-6-12-17-13(21-18-12)11-16-10-9-15(2,3)8-7-14(19)20/h16H,4-11H2,1-3H3,(H,19,20). The lowest BCUT2D eigenvalue weighted by Gasteiger charge is -2.23. The van der Waals surface area contributed by atoms with Crippen LogP contribution in [-0.2, 0) is 17.8 Å². The molecular formula is C15H27N3O3. The molecule has 1 aromatic heterocycles. The number of carbonyl (C=O) groups is 1.